The molecule has 1 aliphatic heterocycles. The number of furan rings is 1. The third-order valence-electron chi connectivity index (χ3n) is 3.69. The molecule has 0 aliphatic carbocycles. The fraction of sp³-hybridized carbons (Fsp3) is 0.400. The van der Waals surface area contributed by atoms with Gasteiger partial charge < -0.3 is 9.73 Å². The predicted octanol–water partition coefficient (Wildman–Crippen LogP) is 2.91. The van der Waals surface area contributed by atoms with Crippen LogP contribution in [0.5, 0.6) is 0 Å². The Morgan fingerprint density at radius 3 is 2.90 bits per heavy atom. The molecule has 0 bridgehead atoms. The Hall–Kier alpha value is -1.59. The number of hydrogen-bond acceptors (Lipinski definition) is 4. The molecule has 0 aromatic carbocycles. The Balaban J connectivity index is 1.66. The van der Waals surface area contributed by atoms with Crippen molar-refractivity contribution in [3.05, 3.63) is 46.5 Å². The number of carbonyl (C=O) groups excluding carboxylic acids is 1. The van der Waals surface area contributed by atoms with Crippen LogP contribution in [-0.2, 0) is 0 Å². The van der Waals surface area contributed by atoms with Crippen LogP contribution in [0.15, 0.2) is 40.5 Å². The maximum atomic E-state index is 12.0. The van der Waals surface area contributed by atoms with Gasteiger partial charge >= 0.3 is 0 Å². The molecule has 106 valence electrons. The van der Waals surface area contributed by atoms with E-state index in [-0.39, 0.29) is 11.9 Å². The summed E-state index contributed by atoms with van der Waals surface area (Å²) in [6.07, 6.45) is 5.49. The topological polar surface area (TPSA) is 45.5 Å². The van der Waals surface area contributed by atoms with Gasteiger partial charge in [-0.1, -0.05) is 6.07 Å². The molecule has 0 radical (unpaired) electrons. The van der Waals surface area contributed by atoms with Gasteiger partial charge in [0.25, 0.3) is 5.91 Å². The van der Waals surface area contributed by atoms with Gasteiger partial charge in [0.15, 0.2) is 0 Å². The second-order valence-corrected chi connectivity index (χ2v) is 5.98. The average molecular weight is 290 g/mol. The maximum Gasteiger partial charge on any atom is 0.254 e. The van der Waals surface area contributed by atoms with Crippen LogP contribution in [-0.4, -0.2) is 30.4 Å². The molecule has 5 heteroatoms. The molecule has 0 unspecified atom stereocenters. The standard InChI is InChI=1S/C15H18N2O2S/c18-15(12-5-8-19-11-12)16-10-13(14-4-3-9-20-14)17-6-1-2-7-17/h3-5,8-9,11,13H,1-2,6-7,10H2,(H,16,18)/t13-/m1/s1. The van der Waals surface area contributed by atoms with Crippen molar-refractivity contribution in [2.45, 2.75) is 18.9 Å². The summed E-state index contributed by atoms with van der Waals surface area (Å²) in [6.45, 7) is 2.87. The first-order valence-electron chi connectivity index (χ1n) is 6.92. The van der Waals surface area contributed by atoms with Crippen LogP contribution in [0.1, 0.15) is 34.1 Å². The number of amides is 1. The molecule has 1 N–H and O–H groups in total. The van der Waals surface area contributed by atoms with E-state index >= 15 is 0 Å². The smallest absolute Gasteiger partial charge is 0.254 e. The number of thiophene rings is 1. The minimum absolute atomic E-state index is 0.0699. The zero-order valence-electron chi connectivity index (χ0n) is 11.2. The van der Waals surface area contributed by atoms with Crippen molar-refractivity contribution >= 4 is 17.2 Å². The number of rotatable bonds is 5. The van der Waals surface area contributed by atoms with Crippen LogP contribution in [0, 0.1) is 0 Å². The first-order chi connectivity index (χ1) is 9.84. The molecule has 1 fully saturated rings. The van der Waals surface area contributed by atoms with Crippen LogP contribution in [0.2, 0.25) is 0 Å². The fourth-order valence-electron chi connectivity index (χ4n) is 2.63. The van der Waals surface area contributed by atoms with Crippen molar-refractivity contribution in [2.24, 2.45) is 0 Å². The van der Waals surface area contributed by atoms with Crippen LogP contribution in [0.25, 0.3) is 0 Å². The molecule has 1 amide bonds. The Labute approximate surface area is 122 Å². The lowest BCUT2D eigenvalue weighted by Gasteiger charge is -2.26. The first-order valence-corrected chi connectivity index (χ1v) is 7.80. The Kier molecular flexibility index (Phi) is 4.18. The van der Waals surface area contributed by atoms with Gasteiger partial charge in [-0.2, -0.15) is 0 Å². The van der Waals surface area contributed by atoms with E-state index in [1.54, 1.807) is 17.4 Å². The van der Waals surface area contributed by atoms with E-state index in [2.05, 4.69) is 27.7 Å². The summed E-state index contributed by atoms with van der Waals surface area (Å²) in [7, 11) is 0. The fourth-order valence-corrected chi connectivity index (χ4v) is 3.49. The van der Waals surface area contributed by atoms with Crippen LogP contribution >= 0.6 is 11.3 Å². The number of likely N-dealkylation sites (tertiary alicyclic amines) is 1. The van der Waals surface area contributed by atoms with Gasteiger partial charge in [0.1, 0.15) is 6.26 Å². The van der Waals surface area contributed by atoms with Gasteiger partial charge in [0.2, 0.25) is 0 Å². The van der Waals surface area contributed by atoms with Gasteiger partial charge in [-0.3, -0.25) is 9.69 Å². The lowest BCUT2D eigenvalue weighted by Crippen LogP contribution is -2.36. The van der Waals surface area contributed by atoms with Gasteiger partial charge in [-0.05, 0) is 43.4 Å². The third kappa shape index (κ3) is 2.94. The van der Waals surface area contributed by atoms with Crippen molar-refractivity contribution in [3.8, 4) is 0 Å². The second-order valence-electron chi connectivity index (χ2n) is 5.00. The van der Waals surface area contributed by atoms with Crippen molar-refractivity contribution in [1.82, 2.24) is 10.2 Å². The van der Waals surface area contributed by atoms with E-state index in [0.717, 1.165) is 13.1 Å². The normalized spacial score (nSPS) is 17.2. The molecule has 2 aromatic heterocycles. The molecule has 0 spiro atoms. The zero-order valence-corrected chi connectivity index (χ0v) is 12.1. The van der Waals surface area contributed by atoms with Crippen molar-refractivity contribution in [2.75, 3.05) is 19.6 Å². The van der Waals surface area contributed by atoms with Crippen molar-refractivity contribution < 1.29 is 9.21 Å². The minimum Gasteiger partial charge on any atom is -0.472 e. The number of carbonyl (C=O) groups is 1. The molecule has 2 aromatic rings. The molecule has 1 saturated heterocycles. The molecule has 3 rings (SSSR count). The highest BCUT2D eigenvalue weighted by molar-refractivity contribution is 7.10. The van der Waals surface area contributed by atoms with Gasteiger partial charge in [0.05, 0.1) is 17.9 Å². The summed E-state index contributed by atoms with van der Waals surface area (Å²) in [6, 6.07) is 6.19. The Morgan fingerprint density at radius 1 is 1.40 bits per heavy atom. The van der Waals surface area contributed by atoms with Crippen LogP contribution in [0.3, 0.4) is 0 Å². The molecule has 0 saturated carbocycles. The highest BCUT2D eigenvalue weighted by atomic mass is 32.1. The van der Waals surface area contributed by atoms with Gasteiger partial charge in [-0.25, -0.2) is 0 Å². The molecule has 4 nitrogen and oxygen atoms in total. The molecule has 1 aliphatic rings. The maximum absolute atomic E-state index is 12.0. The van der Waals surface area contributed by atoms with E-state index in [0.29, 0.717) is 12.1 Å². The summed E-state index contributed by atoms with van der Waals surface area (Å²) < 4.78 is 4.95. The summed E-state index contributed by atoms with van der Waals surface area (Å²) in [5.74, 6) is -0.0699. The summed E-state index contributed by atoms with van der Waals surface area (Å²) in [4.78, 5) is 15.8. The highest BCUT2D eigenvalue weighted by Crippen LogP contribution is 2.27. The monoisotopic (exact) mass is 290 g/mol. The number of nitrogens with one attached hydrogen (secondary N) is 1. The summed E-state index contributed by atoms with van der Waals surface area (Å²) in [5, 5.41) is 5.11. The number of hydrogen-bond donors (Lipinski definition) is 1. The molecular weight excluding hydrogens is 272 g/mol. The lowest BCUT2D eigenvalue weighted by molar-refractivity contribution is 0.0938. The summed E-state index contributed by atoms with van der Waals surface area (Å²) in [5.41, 5.74) is 0.580. The molecular formula is C15H18N2O2S. The van der Waals surface area contributed by atoms with E-state index in [9.17, 15) is 4.79 Å². The van der Waals surface area contributed by atoms with Crippen LogP contribution in [0.4, 0.5) is 0 Å². The first kappa shape index (κ1) is 13.4. The second kappa shape index (κ2) is 6.24. The predicted molar refractivity (Wildman–Crippen MR) is 78.9 cm³/mol. The molecule has 1 atom stereocenters. The average Bonchev–Trinajstić information content (AvgIpc) is 3.22. The number of nitrogens with zero attached hydrogens (tertiary/aromatic N) is 1. The van der Waals surface area contributed by atoms with E-state index in [1.807, 2.05) is 0 Å². The largest absolute Gasteiger partial charge is 0.472 e. The van der Waals surface area contributed by atoms with Gasteiger partial charge in [-0.15, -0.1) is 11.3 Å². The zero-order chi connectivity index (χ0) is 13.8. The van der Waals surface area contributed by atoms with Gasteiger partial charge in [0, 0.05) is 11.4 Å². The van der Waals surface area contributed by atoms with Crippen molar-refractivity contribution in [3.63, 3.8) is 0 Å². The SMILES string of the molecule is O=C(NC[C@H](c1cccs1)N1CCCC1)c1ccoc1. The third-order valence-corrected chi connectivity index (χ3v) is 4.67. The Bertz CT molecular complexity index is 530. The minimum atomic E-state index is -0.0699. The summed E-state index contributed by atoms with van der Waals surface area (Å²) >= 11 is 1.76. The van der Waals surface area contributed by atoms with E-state index < -0.39 is 0 Å². The molecule has 3 heterocycles. The van der Waals surface area contributed by atoms with E-state index in [1.165, 1.54) is 30.2 Å². The molecule has 20 heavy (non-hydrogen) atoms. The van der Waals surface area contributed by atoms with Crippen LogP contribution < -0.4 is 5.32 Å². The lowest BCUT2D eigenvalue weighted by atomic mass is 10.2. The quantitative estimate of drug-likeness (QED) is 0.921. The van der Waals surface area contributed by atoms with Crippen molar-refractivity contribution in [1.29, 1.82) is 0 Å². The highest BCUT2D eigenvalue weighted by Gasteiger charge is 2.24. The Morgan fingerprint density at radius 2 is 2.25 bits per heavy atom. The van der Waals surface area contributed by atoms with E-state index in [4.69, 9.17) is 4.42 Å².